The van der Waals surface area contributed by atoms with E-state index < -0.39 is 10.0 Å². The second-order valence-electron chi connectivity index (χ2n) is 6.12. The van der Waals surface area contributed by atoms with Gasteiger partial charge in [0.15, 0.2) is 0 Å². The quantitative estimate of drug-likeness (QED) is 0.756. The van der Waals surface area contributed by atoms with Crippen LogP contribution in [0.15, 0.2) is 0 Å². The molecule has 1 rings (SSSR count). The molecule has 18 heavy (non-hydrogen) atoms. The summed E-state index contributed by atoms with van der Waals surface area (Å²) in [6.07, 6.45) is 0. The molecule has 1 heterocycles. The minimum absolute atomic E-state index is 0.0504. The Hall–Kier alpha value is -0.170. The Kier molecular flexibility index (Phi) is 5.58. The highest BCUT2D eigenvalue weighted by Crippen LogP contribution is 2.19. The van der Waals surface area contributed by atoms with Gasteiger partial charge in [0.2, 0.25) is 10.0 Å². The van der Waals surface area contributed by atoms with Gasteiger partial charge in [-0.3, -0.25) is 4.90 Å². The lowest BCUT2D eigenvalue weighted by Crippen LogP contribution is -2.47. The number of sulfonamides is 1. The molecule has 0 saturated carbocycles. The number of nitrogens with zero attached hydrogens (tertiary/aromatic N) is 1. The van der Waals surface area contributed by atoms with Crippen LogP contribution in [0.5, 0.6) is 0 Å². The molecule has 0 amide bonds. The maximum atomic E-state index is 12.0. The maximum Gasteiger partial charge on any atom is 0.213 e. The summed E-state index contributed by atoms with van der Waals surface area (Å²) in [4.78, 5) is 2.19. The molecule has 0 radical (unpaired) electrons. The Bertz CT molecular complexity index is 343. The lowest BCUT2D eigenvalue weighted by molar-refractivity contribution is 0.253. The molecule has 1 saturated heterocycles. The summed E-state index contributed by atoms with van der Waals surface area (Å²) in [5, 5.41) is 3.26. The zero-order chi connectivity index (χ0) is 13.8. The van der Waals surface area contributed by atoms with E-state index in [1.165, 1.54) is 0 Å². The van der Waals surface area contributed by atoms with Crippen LogP contribution in [0.25, 0.3) is 0 Å². The van der Waals surface area contributed by atoms with Gasteiger partial charge in [-0.25, -0.2) is 13.1 Å². The fourth-order valence-corrected chi connectivity index (χ4v) is 3.20. The average Bonchev–Trinajstić information content (AvgIpc) is 2.26. The van der Waals surface area contributed by atoms with Crippen LogP contribution < -0.4 is 10.0 Å². The van der Waals surface area contributed by atoms with Crippen LogP contribution in [0, 0.1) is 5.41 Å². The Morgan fingerprint density at radius 2 is 1.83 bits per heavy atom. The summed E-state index contributed by atoms with van der Waals surface area (Å²) in [6, 6.07) is -0.0504. The molecule has 6 heteroatoms. The zero-order valence-electron chi connectivity index (χ0n) is 12.0. The summed E-state index contributed by atoms with van der Waals surface area (Å²) in [5.74, 6) is 0.188. The van der Waals surface area contributed by atoms with Gasteiger partial charge in [-0.05, 0) is 12.3 Å². The molecular formula is C12H27N3O2S. The van der Waals surface area contributed by atoms with E-state index in [0.29, 0.717) is 6.54 Å². The summed E-state index contributed by atoms with van der Waals surface area (Å²) < 4.78 is 26.7. The SMILES string of the molecule is CC(NS(=O)(=O)CCN1CCNCC1)C(C)(C)C. The van der Waals surface area contributed by atoms with E-state index >= 15 is 0 Å². The van der Waals surface area contributed by atoms with Gasteiger partial charge in [0.05, 0.1) is 5.75 Å². The van der Waals surface area contributed by atoms with Crippen molar-refractivity contribution in [2.45, 2.75) is 33.7 Å². The van der Waals surface area contributed by atoms with Crippen molar-refractivity contribution in [1.82, 2.24) is 14.9 Å². The highest BCUT2D eigenvalue weighted by Gasteiger charge is 2.25. The number of hydrogen-bond acceptors (Lipinski definition) is 4. The van der Waals surface area contributed by atoms with Crippen molar-refractivity contribution >= 4 is 10.0 Å². The Balaban J connectivity index is 2.39. The molecule has 0 aromatic rings. The van der Waals surface area contributed by atoms with E-state index in [2.05, 4.69) is 14.9 Å². The van der Waals surface area contributed by atoms with Crippen LogP contribution in [-0.2, 0) is 10.0 Å². The zero-order valence-corrected chi connectivity index (χ0v) is 12.8. The van der Waals surface area contributed by atoms with Gasteiger partial charge >= 0.3 is 0 Å². The highest BCUT2D eigenvalue weighted by molar-refractivity contribution is 7.89. The van der Waals surface area contributed by atoms with Crippen molar-refractivity contribution < 1.29 is 8.42 Å². The van der Waals surface area contributed by atoms with Crippen LogP contribution in [0.3, 0.4) is 0 Å². The molecule has 1 aliphatic rings. The molecule has 1 atom stereocenters. The minimum atomic E-state index is -3.18. The Labute approximate surface area is 111 Å². The fourth-order valence-electron chi connectivity index (χ4n) is 1.69. The topological polar surface area (TPSA) is 61.4 Å². The molecule has 1 fully saturated rings. The Morgan fingerprint density at radius 1 is 1.28 bits per heavy atom. The molecule has 1 aliphatic heterocycles. The van der Waals surface area contributed by atoms with Gasteiger partial charge in [-0.15, -0.1) is 0 Å². The van der Waals surface area contributed by atoms with Gasteiger partial charge < -0.3 is 5.32 Å². The van der Waals surface area contributed by atoms with Crippen molar-refractivity contribution in [3.8, 4) is 0 Å². The van der Waals surface area contributed by atoms with Crippen molar-refractivity contribution in [2.75, 3.05) is 38.5 Å². The molecule has 0 bridgehead atoms. The van der Waals surface area contributed by atoms with Crippen molar-refractivity contribution in [3.05, 3.63) is 0 Å². The summed E-state index contributed by atoms with van der Waals surface area (Å²) in [7, 11) is -3.18. The van der Waals surface area contributed by atoms with Crippen molar-refractivity contribution in [1.29, 1.82) is 0 Å². The van der Waals surface area contributed by atoms with Crippen LogP contribution in [0.1, 0.15) is 27.7 Å². The summed E-state index contributed by atoms with van der Waals surface area (Å²) in [5.41, 5.74) is -0.0535. The van der Waals surface area contributed by atoms with Gasteiger partial charge in [0.25, 0.3) is 0 Å². The second-order valence-corrected chi connectivity index (χ2v) is 7.99. The van der Waals surface area contributed by atoms with E-state index in [1.807, 2.05) is 27.7 Å². The molecule has 5 nitrogen and oxygen atoms in total. The third kappa shape index (κ3) is 5.65. The van der Waals surface area contributed by atoms with Crippen LogP contribution in [0.2, 0.25) is 0 Å². The maximum absolute atomic E-state index is 12.0. The predicted molar refractivity (Wildman–Crippen MR) is 75.1 cm³/mol. The van der Waals surface area contributed by atoms with E-state index in [4.69, 9.17) is 0 Å². The minimum Gasteiger partial charge on any atom is -0.314 e. The largest absolute Gasteiger partial charge is 0.314 e. The first-order valence-electron chi connectivity index (χ1n) is 6.64. The molecule has 1 unspecified atom stereocenters. The van der Waals surface area contributed by atoms with E-state index in [9.17, 15) is 8.42 Å². The van der Waals surface area contributed by atoms with Gasteiger partial charge in [-0.1, -0.05) is 20.8 Å². The lowest BCUT2D eigenvalue weighted by atomic mass is 9.89. The summed E-state index contributed by atoms with van der Waals surface area (Å²) >= 11 is 0. The number of nitrogens with one attached hydrogen (secondary N) is 2. The first-order valence-corrected chi connectivity index (χ1v) is 8.29. The standard InChI is InChI=1S/C12H27N3O2S/c1-11(12(2,3)4)14-18(16,17)10-9-15-7-5-13-6-8-15/h11,13-14H,5-10H2,1-4H3. The van der Waals surface area contributed by atoms with Crippen molar-refractivity contribution in [2.24, 2.45) is 5.41 Å². The number of piperazine rings is 1. The monoisotopic (exact) mass is 277 g/mol. The molecule has 108 valence electrons. The lowest BCUT2D eigenvalue weighted by Gasteiger charge is -2.29. The third-order valence-electron chi connectivity index (χ3n) is 3.54. The average molecular weight is 277 g/mol. The normalized spacial score (nSPS) is 20.9. The predicted octanol–water partition coefficient (Wildman–Crippen LogP) is 0.246. The number of hydrogen-bond donors (Lipinski definition) is 2. The molecule has 0 aromatic heterocycles. The molecule has 0 aliphatic carbocycles. The molecule has 0 aromatic carbocycles. The Morgan fingerprint density at radius 3 is 2.33 bits per heavy atom. The van der Waals surface area contributed by atoms with Crippen LogP contribution in [-0.4, -0.2) is 57.8 Å². The van der Waals surface area contributed by atoms with Crippen LogP contribution in [0.4, 0.5) is 0 Å². The van der Waals surface area contributed by atoms with E-state index in [0.717, 1.165) is 26.2 Å². The van der Waals surface area contributed by atoms with Gasteiger partial charge in [-0.2, -0.15) is 0 Å². The molecule has 2 N–H and O–H groups in total. The number of rotatable bonds is 5. The molecule has 0 spiro atoms. The smallest absolute Gasteiger partial charge is 0.213 e. The highest BCUT2D eigenvalue weighted by atomic mass is 32.2. The summed E-state index contributed by atoms with van der Waals surface area (Å²) in [6.45, 7) is 12.4. The van der Waals surface area contributed by atoms with Gasteiger partial charge in [0, 0.05) is 38.8 Å². The second kappa shape index (κ2) is 6.32. The van der Waals surface area contributed by atoms with Crippen LogP contribution >= 0.6 is 0 Å². The third-order valence-corrected chi connectivity index (χ3v) is 4.97. The first-order chi connectivity index (χ1) is 8.21. The van der Waals surface area contributed by atoms with E-state index in [1.54, 1.807) is 0 Å². The first kappa shape index (κ1) is 15.9. The van der Waals surface area contributed by atoms with Crippen molar-refractivity contribution in [3.63, 3.8) is 0 Å². The van der Waals surface area contributed by atoms with Gasteiger partial charge in [0.1, 0.15) is 0 Å². The fraction of sp³-hybridized carbons (Fsp3) is 1.00. The molecular weight excluding hydrogens is 250 g/mol. The van der Waals surface area contributed by atoms with E-state index in [-0.39, 0.29) is 17.2 Å².